The molecule has 2 rings (SSSR count). The number of benzene rings is 2. The summed E-state index contributed by atoms with van der Waals surface area (Å²) in [6.45, 7) is 1.71. The zero-order valence-corrected chi connectivity index (χ0v) is 12.5. The second-order valence-corrected chi connectivity index (χ2v) is 5.24. The number of hydrogen-bond acceptors (Lipinski definition) is 4. The van der Waals surface area contributed by atoms with E-state index in [4.69, 9.17) is 16.3 Å². The summed E-state index contributed by atoms with van der Waals surface area (Å²) in [5.41, 5.74) is 0.281. The molecule has 1 atom stereocenters. The smallest absolute Gasteiger partial charge is 0.335 e. The highest BCUT2D eigenvalue weighted by atomic mass is 35.5. The molecule has 0 aromatic heterocycles. The van der Waals surface area contributed by atoms with Crippen LogP contribution in [0, 0.1) is 0 Å². The van der Waals surface area contributed by atoms with Crippen LogP contribution >= 0.6 is 11.6 Å². The largest absolute Gasteiger partial charge is 0.508 e. The average molecular weight is 306 g/mol. The Morgan fingerprint density at radius 3 is 2.48 bits per heavy atom. The number of hydrogen-bond donors (Lipinski definition) is 2. The van der Waals surface area contributed by atoms with Gasteiger partial charge in [0, 0.05) is 10.7 Å². The number of anilines is 1. The van der Waals surface area contributed by atoms with Gasteiger partial charge in [-0.05, 0) is 42.8 Å². The number of halogens is 1. The van der Waals surface area contributed by atoms with Crippen molar-refractivity contribution in [2.75, 3.05) is 12.4 Å². The second-order valence-electron chi connectivity index (χ2n) is 4.80. The number of esters is 1. The summed E-state index contributed by atoms with van der Waals surface area (Å²) in [5.74, 6) is -0.304. The minimum absolute atomic E-state index is 0.133. The predicted molar refractivity (Wildman–Crippen MR) is 82.5 cm³/mol. The van der Waals surface area contributed by atoms with E-state index < -0.39 is 11.5 Å². The van der Waals surface area contributed by atoms with E-state index >= 15 is 0 Å². The van der Waals surface area contributed by atoms with Crippen molar-refractivity contribution in [1.82, 2.24) is 0 Å². The van der Waals surface area contributed by atoms with E-state index in [2.05, 4.69) is 5.32 Å². The lowest BCUT2D eigenvalue weighted by atomic mass is 9.91. The van der Waals surface area contributed by atoms with Crippen LogP contribution in [0.4, 0.5) is 5.69 Å². The Morgan fingerprint density at radius 2 is 1.90 bits per heavy atom. The Labute approximate surface area is 128 Å². The third-order valence-electron chi connectivity index (χ3n) is 3.26. The van der Waals surface area contributed by atoms with Crippen molar-refractivity contribution in [2.45, 2.75) is 12.5 Å². The predicted octanol–water partition coefficient (Wildman–Crippen LogP) is 3.55. The highest BCUT2D eigenvalue weighted by Gasteiger charge is 2.36. The molecule has 4 nitrogen and oxygen atoms in total. The van der Waals surface area contributed by atoms with Gasteiger partial charge in [0.15, 0.2) is 5.54 Å². The van der Waals surface area contributed by atoms with Crippen molar-refractivity contribution in [1.29, 1.82) is 0 Å². The molecule has 2 aromatic carbocycles. The van der Waals surface area contributed by atoms with E-state index in [-0.39, 0.29) is 5.75 Å². The molecule has 0 heterocycles. The van der Waals surface area contributed by atoms with E-state index in [1.165, 1.54) is 19.2 Å². The van der Waals surface area contributed by atoms with Crippen LogP contribution in [-0.2, 0) is 15.1 Å². The molecular weight excluding hydrogens is 290 g/mol. The quantitative estimate of drug-likeness (QED) is 0.848. The SMILES string of the molecule is COC(=O)C(C)(Nc1cccc(Cl)c1)c1ccc(O)cc1. The molecule has 0 saturated carbocycles. The van der Waals surface area contributed by atoms with Gasteiger partial charge in [0.1, 0.15) is 5.75 Å². The van der Waals surface area contributed by atoms with Gasteiger partial charge in [-0.15, -0.1) is 0 Å². The van der Waals surface area contributed by atoms with Crippen molar-refractivity contribution in [2.24, 2.45) is 0 Å². The molecule has 0 aliphatic carbocycles. The first-order valence-electron chi connectivity index (χ1n) is 6.37. The number of carbonyl (C=O) groups excluding carboxylic acids is 1. The summed E-state index contributed by atoms with van der Waals surface area (Å²) in [7, 11) is 1.33. The maximum atomic E-state index is 12.2. The number of methoxy groups -OCH3 is 1. The summed E-state index contributed by atoms with van der Waals surface area (Å²) in [6.07, 6.45) is 0. The van der Waals surface area contributed by atoms with Gasteiger partial charge in [0.05, 0.1) is 7.11 Å². The topological polar surface area (TPSA) is 58.6 Å². The number of ether oxygens (including phenoxy) is 1. The van der Waals surface area contributed by atoms with Gasteiger partial charge in [-0.3, -0.25) is 0 Å². The van der Waals surface area contributed by atoms with Crippen molar-refractivity contribution < 1.29 is 14.6 Å². The van der Waals surface area contributed by atoms with Gasteiger partial charge in [0.2, 0.25) is 0 Å². The normalized spacial score (nSPS) is 13.3. The summed E-state index contributed by atoms with van der Waals surface area (Å²) < 4.78 is 4.91. The summed E-state index contributed by atoms with van der Waals surface area (Å²) >= 11 is 5.96. The highest BCUT2D eigenvalue weighted by molar-refractivity contribution is 6.30. The molecule has 0 saturated heterocycles. The van der Waals surface area contributed by atoms with Crippen LogP contribution in [-0.4, -0.2) is 18.2 Å². The third-order valence-corrected chi connectivity index (χ3v) is 3.49. The molecule has 0 radical (unpaired) electrons. The van der Waals surface area contributed by atoms with Crippen molar-refractivity contribution in [3.63, 3.8) is 0 Å². The third kappa shape index (κ3) is 3.28. The van der Waals surface area contributed by atoms with E-state index in [1.807, 2.05) is 6.07 Å². The van der Waals surface area contributed by atoms with Crippen LogP contribution in [0.15, 0.2) is 48.5 Å². The Bertz CT molecular complexity index is 642. The van der Waals surface area contributed by atoms with Crippen LogP contribution in [0.2, 0.25) is 5.02 Å². The second kappa shape index (κ2) is 6.06. The van der Waals surface area contributed by atoms with E-state index in [0.717, 1.165) is 0 Å². The lowest BCUT2D eigenvalue weighted by Crippen LogP contribution is -2.41. The molecule has 1 unspecified atom stereocenters. The number of phenolic OH excluding ortho intramolecular Hbond substituents is 1. The molecule has 2 aromatic rings. The van der Waals surface area contributed by atoms with E-state index in [1.54, 1.807) is 37.3 Å². The number of rotatable bonds is 4. The minimum Gasteiger partial charge on any atom is -0.508 e. The molecule has 0 aliphatic heterocycles. The molecular formula is C16H16ClNO3. The fourth-order valence-electron chi connectivity index (χ4n) is 2.09. The van der Waals surface area contributed by atoms with Crippen LogP contribution < -0.4 is 5.32 Å². The van der Waals surface area contributed by atoms with Gasteiger partial charge in [-0.1, -0.05) is 29.8 Å². The van der Waals surface area contributed by atoms with Crippen LogP contribution in [0.25, 0.3) is 0 Å². The van der Waals surface area contributed by atoms with Crippen molar-refractivity contribution >= 4 is 23.3 Å². The first-order chi connectivity index (χ1) is 9.95. The molecule has 5 heteroatoms. The maximum absolute atomic E-state index is 12.2. The monoisotopic (exact) mass is 305 g/mol. The lowest BCUT2D eigenvalue weighted by Gasteiger charge is -2.29. The molecule has 110 valence electrons. The summed E-state index contributed by atoms with van der Waals surface area (Å²) in [6, 6.07) is 13.5. The Kier molecular flexibility index (Phi) is 4.38. The molecule has 21 heavy (non-hydrogen) atoms. The minimum atomic E-state index is -1.09. The fraction of sp³-hybridized carbons (Fsp3) is 0.188. The van der Waals surface area contributed by atoms with Gasteiger partial charge < -0.3 is 15.2 Å². The summed E-state index contributed by atoms with van der Waals surface area (Å²) in [5, 5.41) is 13.1. The van der Waals surface area contributed by atoms with Crippen molar-refractivity contribution in [3.05, 3.63) is 59.1 Å². The first-order valence-corrected chi connectivity index (χ1v) is 6.75. The number of carbonyl (C=O) groups is 1. The van der Waals surface area contributed by atoms with Gasteiger partial charge in [-0.25, -0.2) is 4.79 Å². The van der Waals surface area contributed by atoms with Crippen LogP contribution in [0.1, 0.15) is 12.5 Å². The molecule has 0 fully saturated rings. The van der Waals surface area contributed by atoms with Gasteiger partial charge in [-0.2, -0.15) is 0 Å². The number of nitrogens with one attached hydrogen (secondary N) is 1. The summed E-state index contributed by atoms with van der Waals surface area (Å²) in [4.78, 5) is 12.2. The zero-order chi connectivity index (χ0) is 15.5. The molecule has 0 aliphatic rings. The standard InChI is InChI=1S/C16H16ClNO3/c1-16(15(20)21-2,11-6-8-14(19)9-7-11)18-13-5-3-4-12(17)10-13/h3-10,18-19H,1-2H3. The fourth-order valence-corrected chi connectivity index (χ4v) is 2.29. The van der Waals surface area contributed by atoms with E-state index in [0.29, 0.717) is 16.3 Å². The zero-order valence-electron chi connectivity index (χ0n) is 11.8. The Hall–Kier alpha value is -2.20. The molecule has 0 amide bonds. The van der Waals surface area contributed by atoms with Crippen LogP contribution in [0.5, 0.6) is 5.75 Å². The lowest BCUT2D eigenvalue weighted by molar-refractivity contribution is -0.145. The Morgan fingerprint density at radius 1 is 1.24 bits per heavy atom. The van der Waals surface area contributed by atoms with E-state index in [9.17, 15) is 9.90 Å². The molecule has 0 bridgehead atoms. The maximum Gasteiger partial charge on any atom is 0.335 e. The molecule has 2 N–H and O–H groups in total. The van der Waals surface area contributed by atoms with Crippen molar-refractivity contribution in [3.8, 4) is 5.75 Å². The average Bonchev–Trinajstić information content (AvgIpc) is 2.46. The van der Waals surface area contributed by atoms with Gasteiger partial charge in [0.25, 0.3) is 0 Å². The number of phenols is 1. The first kappa shape index (κ1) is 15.2. The highest BCUT2D eigenvalue weighted by Crippen LogP contribution is 2.29. The Balaban J connectivity index is 2.42. The van der Waals surface area contributed by atoms with Gasteiger partial charge >= 0.3 is 5.97 Å². The molecule has 0 spiro atoms. The number of aromatic hydroxyl groups is 1. The van der Waals surface area contributed by atoms with Crippen LogP contribution in [0.3, 0.4) is 0 Å².